The summed E-state index contributed by atoms with van der Waals surface area (Å²) in [6.45, 7) is 8.06. The van der Waals surface area contributed by atoms with Gasteiger partial charge in [-0.3, -0.25) is 4.79 Å². The molecule has 0 amide bonds. The van der Waals surface area contributed by atoms with Crippen molar-refractivity contribution in [2.75, 3.05) is 33.5 Å². The first-order chi connectivity index (χ1) is 9.43. The molecule has 1 unspecified atom stereocenters. The second-order valence-corrected chi connectivity index (χ2v) is 4.29. The Morgan fingerprint density at radius 1 is 1.15 bits per heavy atom. The van der Waals surface area contributed by atoms with Gasteiger partial charge in [-0.1, -0.05) is 13.8 Å². The predicted octanol–water partition coefficient (Wildman–Crippen LogP) is 1.13. The van der Waals surface area contributed by atoms with Crippen molar-refractivity contribution in [2.45, 2.75) is 52.2 Å². The number of aliphatic hydroxyl groups is 2. The van der Waals surface area contributed by atoms with E-state index in [0.717, 1.165) is 12.8 Å². The number of rotatable bonds is 9. The summed E-state index contributed by atoms with van der Waals surface area (Å²) in [5.74, 6) is -0.254. The number of hydrogen-bond acceptors (Lipinski definition) is 6. The Hall–Kier alpha value is -0.690. The molecule has 0 aliphatic rings. The van der Waals surface area contributed by atoms with Crippen LogP contribution in [-0.4, -0.2) is 61.4 Å². The van der Waals surface area contributed by atoms with Gasteiger partial charge in [0.15, 0.2) is 0 Å². The zero-order chi connectivity index (χ0) is 16.0. The Bertz CT molecular complexity index is 215. The maximum atomic E-state index is 10.8. The smallest absolute Gasteiger partial charge is 0.302 e. The SMILES string of the molecule is CCC(CC)(OC)C(C)OC(C)=O.OCCOCCO. The monoisotopic (exact) mass is 294 g/mol. The summed E-state index contributed by atoms with van der Waals surface area (Å²) in [6, 6.07) is 0. The van der Waals surface area contributed by atoms with Crippen molar-refractivity contribution in [3.05, 3.63) is 0 Å². The van der Waals surface area contributed by atoms with Gasteiger partial charge < -0.3 is 24.4 Å². The molecule has 0 heterocycles. The summed E-state index contributed by atoms with van der Waals surface area (Å²) < 4.78 is 15.2. The molecule has 0 rings (SSSR count). The summed E-state index contributed by atoms with van der Waals surface area (Å²) in [6.07, 6.45) is 1.49. The van der Waals surface area contributed by atoms with Crippen molar-refractivity contribution in [3.63, 3.8) is 0 Å². The average molecular weight is 294 g/mol. The molecule has 0 aliphatic heterocycles. The van der Waals surface area contributed by atoms with Crippen molar-refractivity contribution in [1.29, 1.82) is 0 Å². The van der Waals surface area contributed by atoms with Gasteiger partial charge in [0.2, 0.25) is 0 Å². The number of carbonyl (C=O) groups is 1. The quantitative estimate of drug-likeness (QED) is 0.490. The highest BCUT2D eigenvalue weighted by Gasteiger charge is 2.34. The zero-order valence-electron chi connectivity index (χ0n) is 13.3. The lowest BCUT2D eigenvalue weighted by molar-refractivity contribution is -0.166. The van der Waals surface area contributed by atoms with E-state index in [2.05, 4.69) is 4.74 Å². The minimum Gasteiger partial charge on any atom is -0.460 e. The summed E-state index contributed by atoms with van der Waals surface area (Å²) in [4.78, 5) is 10.8. The van der Waals surface area contributed by atoms with Gasteiger partial charge in [0.1, 0.15) is 11.7 Å². The fraction of sp³-hybridized carbons (Fsp3) is 0.929. The normalized spacial score (nSPS) is 12.3. The molecule has 0 aromatic rings. The molecular weight excluding hydrogens is 264 g/mol. The first kappa shape index (κ1) is 21.6. The van der Waals surface area contributed by atoms with E-state index < -0.39 is 0 Å². The molecule has 0 aromatic carbocycles. The molecule has 0 fully saturated rings. The summed E-state index contributed by atoms with van der Waals surface area (Å²) in [5, 5.41) is 16.2. The number of esters is 1. The average Bonchev–Trinajstić information content (AvgIpc) is 2.42. The first-order valence-corrected chi connectivity index (χ1v) is 6.95. The van der Waals surface area contributed by atoms with Crippen LogP contribution in [0, 0.1) is 0 Å². The number of ether oxygens (including phenoxy) is 3. The number of carbonyl (C=O) groups excluding carboxylic acids is 1. The molecule has 0 aliphatic carbocycles. The van der Waals surface area contributed by atoms with Crippen LogP contribution in [0.2, 0.25) is 0 Å². The predicted molar refractivity (Wildman–Crippen MR) is 76.5 cm³/mol. The minimum absolute atomic E-state index is 0.0278. The molecule has 122 valence electrons. The first-order valence-electron chi connectivity index (χ1n) is 6.95. The second-order valence-electron chi connectivity index (χ2n) is 4.29. The Balaban J connectivity index is 0. The van der Waals surface area contributed by atoms with E-state index in [1.807, 2.05) is 20.8 Å². The highest BCUT2D eigenvalue weighted by atomic mass is 16.6. The molecule has 6 nitrogen and oxygen atoms in total. The van der Waals surface area contributed by atoms with E-state index in [-0.39, 0.29) is 30.9 Å². The molecule has 0 radical (unpaired) electrons. The Kier molecular flexibility index (Phi) is 14.4. The topological polar surface area (TPSA) is 85.2 Å². The molecule has 0 spiro atoms. The van der Waals surface area contributed by atoms with Gasteiger partial charge in [-0.05, 0) is 19.8 Å². The zero-order valence-corrected chi connectivity index (χ0v) is 13.3. The maximum absolute atomic E-state index is 10.8. The standard InChI is InChI=1S/C10H20O3.C4H10O3/c1-6-10(7-2,12-5)8(3)13-9(4)11;5-1-3-7-4-2-6/h8H,6-7H2,1-5H3;5-6H,1-4H2. The van der Waals surface area contributed by atoms with E-state index in [0.29, 0.717) is 13.2 Å². The van der Waals surface area contributed by atoms with E-state index in [9.17, 15) is 4.79 Å². The fourth-order valence-corrected chi connectivity index (χ4v) is 1.87. The van der Waals surface area contributed by atoms with Crippen molar-refractivity contribution >= 4 is 5.97 Å². The molecule has 0 saturated carbocycles. The lowest BCUT2D eigenvalue weighted by Crippen LogP contribution is -2.43. The van der Waals surface area contributed by atoms with Crippen molar-refractivity contribution in [1.82, 2.24) is 0 Å². The second kappa shape index (κ2) is 13.3. The molecule has 6 heteroatoms. The van der Waals surface area contributed by atoms with E-state index in [4.69, 9.17) is 19.7 Å². The third-order valence-electron chi connectivity index (χ3n) is 3.16. The lowest BCUT2D eigenvalue weighted by Gasteiger charge is -2.35. The van der Waals surface area contributed by atoms with E-state index >= 15 is 0 Å². The van der Waals surface area contributed by atoms with Gasteiger partial charge in [0.25, 0.3) is 0 Å². The van der Waals surface area contributed by atoms with Crippen LogP contribution >= 0.6 is 0 Å². The minimum atomic E-state index is -0.328. The van der Waals surface area contributed by atoms with Gasteiger partial charge in [0, 0.05) is 14.0 Å². The lowest BCUT2D eigenvalue weighted by atomic mass is 9.91. The van der Waals surface area contributed by atoms with Crippen LogP contribution < -0.4 is 0 Å². The van der Waals surface area contributed by atoms with Crippen LogP contribution in [0.4, 0.5) is 0 Å². The third kappa shape index (κ3) is 9.25. The van der Waals surface area contributed by atoms with Gasteiger partial charge in [-0.15, -0.1) is 0 Å². The summed E-state index contributed by atoms with van der Waals surface area (Å²) >= 11 is 0. The largest absolute Gasteiger partial charge is 0.460 e. The van der Waals surface area contributed by atoms with E-state index in [1.165, 1.54) is 6.92 Å². The Labute approximate surface area is 122 Å². The molecule has 2 N–H and O–H groups in total. The van der Waals surface area contributed by atoms with Gasteiger partial charge in [-0.2, -0.15) is 0 Å². The third-order valence-corrected chi connectivity index (χ3v) is 3.16. The highest BCUT2D eigenvalue weighted by Crippen LogP contribution is 2.26. The van der Waals surface area contributed by atoms with Crippen molar-refractivity contribution < 1.29 is 29.2 Å². The van der Waals surface area contributed by atoms with Crippen LogP contribution in [0.5, 0.6) is 0 Å². The van der Waals surface area contributed by atoms with E-state index in [1.54, 1.807) is 7.11 Å². The maximum Gasteiger partial charge on any atom is 0.302 e. The van der Waals surface area contributed by atoms with Gasteiger partial charge in [0.05, 0.1) is 26.4 Å². The highest BCUT2D eigenvalue weighted by molar-refractivity contribution is 5.66. The van der Waals surface area contributed by atoms with Crippen LogP contribution in [-0.2, 0) is 19.0 Å². The fourth-order valence-electron chi connectivity index (χ4n) is 1.87. The van der Waals surface area contributed by atoms with Crippen LogP contribution in [0.25, 0.3) is 0 Å². The van der Waals surface area contributed by atoms with Gasteiger partial charge >= 0.3 is 5.97 Å². The van der Waals surface area contributed by atoms with Crippen LogP contribution in [0.1, 0.15) is 40.5 Å². The Morgan fingerprint density at radius 2 is 1.60 bits per heavy atom. The summed E-state index contributed by atoms with van der Waals surface area (Å²) in [5.41, 5.74) is -0.328. The Morgan fingerprint density at radius 3 is 1.85 bits per heavy atom. The number of aliphatic hydroxyl groups excluding tert-OH is 2. The number of hydrogen-bond donors (Lipinski definition) is 2. The molecule has 0 aromatic heterocycles. The van der Waals surface area contributed by atoms with Crippen LogP contribution in [0.3, 0.4) is 0 Å². The molecular formula is C14H30O6. The molecule has 20 heavy (non-hydrogen) atoms. The molecule has 0 saturated heterocycles. The van der Waals surface area contributed by atoms with Crippen molar-refractivity contribution in [3.8, 4) is 0 Å². The number of methoxy groups -OCH3 is 1. The van der Waals surface area contributed by atoms with Crippen LogP contribution in [0.15, 0.2) is 0 Å². The molecule has 1 atom stereocenters. The summed E-state index contributed by atoms with van der Waals surface area (Å²) in [7, 11) is 1.66. The van der Waals surface area contributed by atoms with Gasteiger partial charge in [-0.25, -0.2) is 0 Å². The van der Waals surface area contributed by atoms with Crippen molar-refractivity contribution in [2.24, 2.45) is 0 Å². The molecule has 0 bridgehead atoms.